The summed E-state index contributed by atoms with van der Waals surface area (Å²) in [6, 6.07) is 8.82. The summed E-state index contributed by atoms with van der Waals surface area (Å²) in [5.74, 6) is -1.27. The first-order chi connectivity index (χ1) is 15.0. The fourth-order valence-corrected chi connectivity index (χ4v) is 3.42. The van der Waals surface area contributed by atoms with Crippen molar-refractivity contribution in [2.75, 3.05) is 11.1 Å². The number of halogens is 6. The van der Waals surface area contributed by atoms with Gasteiger partial charge in [0.05, 0.1) is 28.7 Å². The Labute approximate surface area is 181 Å². The zero-order chi connectivity index (χ0) is 23.5. The van der Waals surface area contributed by atoms with Crippen LogP contribution in [0, 0.1) is 11.3 Å². The van der Waals surface area contributed by atoms with Crippen LogP contribution in [0.1, 0.15) is 16.7 Å². The zero-order valence-electron chi connectivity index (χ0n) is 15.7. The number of hydrogen-bond acceptors (Lipinski definition) is 5. The number of thioether (sulfide) groups is 1. The van der Waals surface area contributed by atoms with E-state index in [2.05, 4.69) is 10.3 Å². The number of carbonyl (C=O) groups is 1. The number of rotatable bonds is 5. The first kappa shape index (κ1) is 23.2. The number of amides is 1. The predicted molar refractivity (Wildman–Crippen MR) is 102 cm³/mol. The van der Waals surface area contributed by atoms with Crippen LogP contribution in [0.4, 0.5) is 32.0 Å². The third-order valence-electron chi connectivity index (χ3n) is 3.99. The van der Waals surface area contributed by atoms with Gasteiger partial charge in [0, 0.05) is 5.69 Å². The smallest absolute Gasteiger partial charge is 0.417 e. The van der Waals surface area contributed by atoms with E-state index in [9.17, 15) is 36.4 Å². The first-order valence-corrected chi connectivity index (χ1v) is 9.63. The fourth-order valence-electron chi connectivity index (χ4n) is 2.61. The van der Waals surface area contributed by atoms with E-state index < -0.39 is 40.7 Å². The number of carbonyl (C=O) groups excluding carboxylic acids is 1. The van der Waals surface area contributed by atoms with Crippen LogP contribution in [-0.4, -0.2) is 16.6 Å². The van der Waals surface area contributed by atoms with Gasteiger partial charge in [0.2, 0.25) is 5.91 Å². The highest BCUT2D eigenvalue weighted by molar-refractivity contribution is 8.00. The van der Waals surface area contributed by atoms with Crippen molar-refractivity contribution in [3.63, 3.8) is 0 Å². The van der Waals surface area contributed by atoms with Crippen molar-refractivity contribution in [3.8, 4) is 17.5 Å². The van der Waals surface area contributed by atoms with Gasteiger partial charge >= 0.3 is 12.4 Å². The average Bonchev–Trinajstić information content (AvgIpc) is 3.25. The normalized spacial score (nSPS) is 11.8. The topological polar surface area (TPSA) is 78.9 Å². The van der Waals surface area contributed by atoms with Crippen LogP contribution in [0.15, 0.2) is 58.2 Å². The van der Waals surface area contributed by atoms with Crippen molar-refractivity contribution < 1.29 is 35.6 Å². The first-order valence-electron chi connectivity index (χ1n) is 8.65. The highest BCUT2D eigenvalue weighted by atomic mass is 32.2. The van der Waals surface area contributed by atoms with Gasteiger partial charge in [-0.25, -0.2) is 4.98 Å². The van der Waals surface area contributed by atoms with Gasteiger partial charge in [0.1, 0.15) is 16.8 Å². The molecule has 0 aliphatic heterocycles. The molecule has 0 radical (unpaired) electrons. The van der Waals surface area contributed by atoms with Gasteiger partial charge in [-0.2, -0.15) is 31.6 Å². The van der Waals surface area contributed by atoms with E-state index in [1.54, 1.807) is 0 Å². The maximum absolute atomic E-state index is 13.5. The summed E-state index contributed by atoms with van der Waals surface area (Å²) in [6.45, 7) is 0. The number of furan rings is 1. The Morgan fingerprint density at radius 2 is 1.84 bits per heavy atom. The molecule has 0 spiro atoms. The molecule has 1 aromatic carbocycles. The highest BCUT2D eigenvalue weighted by Crippen LogP contribution is 2.38. The summed E-state index contributed by atoms with van der Waals surface area (Å²) in [4.78, 5) is 16.2. The maximum Gasteiger partial charge on any atom is 0.417 e. The summed E-state index contributed by atoms with van der Waals surface area (Å²) >= 11 is 0.541. The Morgan fingerprint density at radius 1 is 1.09 bits per heavy atom. The monoisotopic (exact) mass is 471 g/mol. The maximum atomic E-state index is 13.5. The highest BCUT2D eigenvalue weighted by Gasteiger charge is 2.36. The molecule has 166 valence electrons. The second kappa shape index (κ2) is 8.96. The Hall–Kier alpha value is -3.46. The Kier molecular flexibility index (Phi) is 6.50. The summed E-state index contributed by atoms with van der Waals surface area (Å²) < 4.78 is 83.8. The van der Waals surface area contributed by atoms with Gasteiger partial charge in [-0.1, -0.05) is 17.8 Å². The molecule has 1 amide bonds. The van der Waals surface area contributed by atoms with Gasteiger partial charge < -0.3 is 9.73 Å². The van der Waals surface area contributed by atoms with Crippen LogP contribution in [0.3, 0.4) is 0 Å². The third-order valence-corrected chi connectivity index (χ3v) is 4.97. The van der Waals surface area contributed by atoms with Crippen molar-refractivity contribution in [2.24, 2.45) is 0 Å². The molecular weight excluding hydrogens is 460 g/mol. The number of hydrogen-bond donors (Lipinski definition) is 1. The molecule has 0 saturated heterocycles. The molecule has 3 aromatic rings. The van der Waals surface area contributed by atoms with E-state index in [4.69, 9.17) is 4.42 Å². The van der Waals surface area contributed by atoms with E-state index in [0.717, 1.165) is 18.2 Å². The SMILES string of the molecule is N#Cc1c(C(F)(F)F)cc(-c2ccco2)nc1SCC(=O)Nc1cccc(C(F)(F)F)c1. The molecule has 0 atom stereocenters. The van der Waals surface area contributed by atoms with Crippen LogP contribution < -0.4 is 5.32 Å². The van der Waals surface area contributed by atoms with E-state index in [0.29, 0.717) is 17.8 Å². The standard InChI is InChI=1S/C20H11F6N3O2S/c21-19(22,23)11-3-1-4-12(7-11)28-17(30)10-32-18-13(9-27)14(20(24,25)26)8-15(29-18)16-5-2-6-31-16/h1-8H,10H2,(H,28,30). The molecule has 32 heavy (non-hydrogen) atoms. The molecule has 3 rings (SSSR count). The molecule has 0 saturated carbocycles. The number of benzene rings is 1. The molecule has 5 nitrogen and oxygen atoms in total. The number of aromatic nitrogens is 1. The number of nitrogens with zero attached hydrogens (tertiary/aromatic N) is 2. The minimum Gasteiger partial charge on any atom is -0.463 e. The van der Waals surface area contributed by atoms with E-state index in [1.807, 2.05) is 0 Å². The largest absolute Gasteiger partial charge is 0.463 e. The lowest BCUT2D eigenvalue weighted by molar-refractivity contribution is -0.138. The molecule has 12 heteroatoms. The molecule has 0 aliphatic rings. The molecule has 0 unspecified atom stereocenters. The van der Waals surface area contributed by atoms with Crippen molar-refractivity contribution in [2.45, 2.75) is 17.4 Å². The molecule has 0 bridgehead atoms. The molecule has 0 fully saturated rings. The Balaban J connectivity index is 1.85. The van der Waals surface area contributed by atoms with Crippen LogP contribution in [-0.2, 0) is 17.1 Å². The second-order valence-corrected chi connectivity index (χ2v) is 7.20. The van der Waals surface area contributed by atoms with Crippen molar-refractivity contribution in [1.82, 2.24) is 4.98 Å². The van der Waals surface area contributed by atoms with Crippen molar-refractivity contribution in [1.29, 1.82) is 5.26 Å². The van der Waals surface area contributed by atoms with Gasteiger partial charge in [-0.15, -0.1) is 0 Å². The number of nitrogens with one attached hydrogen (secondary N) is 1. The van der Waals surface area contributed by atoms with E-state index in [1.165, 1.54) is 30.5 Å². The molecule has 0 aliphatic carbocycles. The Morgan fingerprint density at radius 3 is 2.44 bits per heavy atom. The van der Waals surface area contributed by atoms with Crippen LogP contribution in [0.2, 0.25) is 0 Å². The summed E-state index contributed by atoms with van der Waals surface area (Å²) in [7, 11) is 0. The van der Waals surface area contributed by atoms with Gasteiger partial charge in [0.15, 0.2) is 5.76 Å². The molecule has 2 aromatic heterocycles. The summed E-state index contributed by atoms with van der Waals surface area (Å²) in [6.07, 6.45) is -8.25. The molecule has 2 heterocycles. The van der Waals surface area contributed by atoms with Gasteiger partial charge in [0.25, 0.3) is 0 Å². The lowest BCUT2D eigenvalue weighted by Crippen LogP contribution is -2.16. The van der Waals surface area contributed by atoms with Gasteiger partial charge in [-0.3, -0.25) is 4.79 Å². The van der Waals surface area contributed by atoms with E-state index >= 15 is 0 Å². The lowest BCUT2D eigenvalue weighted by atomic mass is 10.1. The fraction of sp³-hybridized carbons (Fsp3) is 0.150. The number of pyridine rings is 1. The van der Waals surface area contributed by atoms with Crippen LogP contribution >= 0.6 is 11.8 Å². The molecular formula is C20H11F6N3O2S. The second-order valence-electron chi connectivity index (χ2n) is 6.24. The molecule has 1 N–H and O–H groups in total. The quantitative estimate of drug-likeness (QED) is 0.366. The lowest BCUT2D eigenvalue weighted by Gasteiger charge is -2.13. The third kappa shape index (κ3) is 5.42. The predicted octanol–water partition coefficient (Wildman–Crippen LogP) is 5.98. The van der Waals surface area contributed by atoms with Crippen LogP contribution in [0.5, 0.6) is 0 Å². The van der Waals surface area contributed by atoms with Crippen molar-refractivity contribution >= 4 is 23.4 Å². The number of alkyl halides is 6. The minimum atomic E-state index is -4.87. The zero-order valence-corrected chi connectivity index (χ0v) is 16.5. The summed E-state index contributed by atoms with van der Waals surface area (Å²) in [5.41, 5.74) is -3.33. The summed E-state index contributed by atoms with van der Waals surface area (Å²) in [5, 5.41) is 11.1. The number of anilines is 1. The van der Waals surface area contributed by atoms with Crippen LogP contribution in [0.25, 0.3) is 11.5 Å². The van der Waals surface area contributed by atoms with Crippen molar-refractivity contribution in [3.05, 3.63) is 65.4 Å². The average molecular weight is 471 g/mol. The number of nitriles is 1. The minimum absolute atomic E-state index is 0.0234. The van der Waals surface area contributed by atoms with Gasteiger partial charge in [-0.05, 0) is 36.4 Å². The van der Waals surface area contributed by atoms with E-state index in [-0.39, 0.29) is 22.2 Å². The Bertz CT molecular complexity index is 1170.